The Balaban J connectivity index is 2.15. The van der Waals surface area contributed by atoms with Crippen LogP contribution in [-0.4, -0.2) is 15.7 Å². The van der Waals surface area contributed by atoms with Gasteiger partial charge in [-0.3, -0.25) is 9.48 Å². The molecule has 0 aliphatic carbocycles. The van der Waals surface area contributed by atoms with E-state index in [9.17, 15) is 4.79 Å². The third-order valence-corrected chi connectivity index (χ3v) is 4.48. The number of anilines is 1. The highest BCUT2D eigenvalue weighted by molar-refractivity contribution is 9.10. The molecule has 1 heterocycles. The second-order valence-corrected chi connectivity index (χ2v) is 5.75. The molecule has 1 aromatic heterocycles. The quantitative estimate of drug-likeness (QED) is 0.932. The average Bonchev–Trinajstić information content (AvgIpc) is 2.62. The SMILES string of the molecule is Cc1cccc(C)c1NC(=O)Cn1nc(C)c(Br)c1C. The predicted molar refractivity (Wildman–Crippen MR) is 83.9 cm³/mol. The van der Waals surface area contributed by atoms with E-state index in [1.165, 1.54) is 0 Å². The molecule has 0 fully saturated rings. The number of carbonyl (C=O) groups is 1. The van der Waals surface area contributed by atoms with Gasteiger partial charge in [0.1, 0.15) is 6.54 Å². The van der Waals surface area contributed by atoms with Gasteiger partial charge < -0.3 is 5.32 Å². The van der Waals surface area contributed by atoms with Crippen LogP contribution in [0.4, 0.5) is 5.69 Å². The number of aryl methyl sites for hydroxylation is 3. The number of amides is 1. The van der Waals surface area contributed by atoms with Crippen molar-refractivity contribution in [1.29, 1.82) is 0 Å². The van der Waals surface area contributed by atoms with E-state index in [-0.39, 0.29) is 12.5 Å². The van der Waals surface area contributed by atoms with Crippen molar-refractivity contribution in [1.82, 2.24) is 9.78 Å². The summed E-state index contributed by atoms with van der Waals surface area (Å²) in [6.45, 7) is 8.05. The van der Waals surface area contributed by atoms with E-state index in [1.807, 2.05) is 45.9 Å². The molecule has 0 radical (unpaired) electrons. The van der Waals surface area contributed by atoms with Crippen LogP contribution in [-0.2, 0) is 11.3 Å². The van der Waals surface area contributed by atoms with Gasteiger partial charge in [0.25, 0.3) is 0 Å². The summed E-state index contributed by atoms with van der Waals surface area (Å²) in [7, 11) is 0. The van der Waals surface area contributed by atoms with E-state index in [4.69, 9.17) is 0 Å². The minimum Gasteiger partial charge on any atom is -0.324 e. The van der Waals surface area contributed by atoms with Gasteiger partial charge in [-0.1, -0.05) is 18.2 Å². The minimum atomic E-state index is -0.0690. The summed E-state index contributed by atoms with van der Waals surface area (Å²) in [6, 6.07) is 5.96. The fourth-order valence-electron chi connectivity index (χ4n) is 2.16. The summed E-state index contributed by atoms with van der Waals surface area (Å²) in [4.78, 5) is 12.2. The molecule has 0 unspecified atom stereocenters. The van der Waals surface area contributed by atoms with Crippen LogP contribution in [0.2, 0.25) is 0 Å². The number of aromatic nitrogens is 2. The number of halogens is 1. The monoisotopic (exact) mass is 335 g/mol. The van der Waals surface area contributed by atoms with Crippen LogP contribution in [0.25, 0.3) is 0 Å². The van der Waals surface area contributed by atoms with E-state index < -0.39 is 0 Å². The zero-order valence-electron chi connectivity index (χ0n) is 12.1. The van der Waals surface area contributed by atoms with Gasteiger partial charge in [-0.15, -0.1) is 0 Å². The summed E-state index contributed by atoms with van der Waals surface area (Å²) in [5.74, 6) is -0.0690. The Morgan fingerprint density at radius 3 is 2.35 bits per heavy atom. The third kappa shape index (κ3) is 2.93. The van der Waals surface area contributed by atoms with Crippen LogP contribution in [0.15, 0.2) is 22.7 Å². The summed E-state index contributed by atoms with van der Waals surface area (Å²) in [5.41, 5.74) is 4.86. The minimum absolute atomic E-state index is 0.0690. The molecule has 0 bridgehead atoms. The maximum absolute atomic E-state index is 12.2. The first-order valence-corrected chi connectivity index (χ1v) is 7.25. The summed E-state index contributed by atoms with van der Waals surface area (Å²) < 4.78 is 2.67. The number of rotatable bonds is 3. The molecule has 1 amide bonds. The molecule has 1 N–H and O–H groups in total. The number of para-hydroxylation sites is 1. The van der Waals surface area contributed by atoms with Gasteiger partial charge in [0.2, 0.25) is 5.91 Å². The molecule has 0 aliphatic heterocycles. The smallest absolute Gasteiger partial charge is 0.246 e. The maximum Gasteiger partial charge on any atom is 0.246 e. The van der Waals surface area contributed by atoms with Gasteiger partial charge in [-0.05, 0) is 54.8 Å². The molecular formula is C15H18BrN3O. The van der Waals surface area contributed by atoms with E-state index in [2.05, 4.69) is 26.3 Å². The van der Waals surface area contributed by atoms with Crippen molar-refractivity contribution in [3.8, 4) is 0 Å². The van der Waals surface area contributed by atoms with Gasteiger partial charge in [0.05, 0.1) is 15.9 Å². The lowest BCUT2D eigenvalue weighted by molar-refractivity contribution is -0.116. The molecule has 0 atom stereocenters. The van der Waals surface area contributed by atoms with Crippen molar-refractivity contribution in [3.63, 3.8) is 0 Å². The van der Waals surface area contributed by atoms with Crippen molar-refractivity contribution in [2.45, 2.75) is 34.2 Å². The van der Waals surface area contributed by atoms with Crippen molar-refractivity contribution >= 4 is 27.5 Å². The van der Waals surface area contributed by atoms with Gasteiger partial charge in [0.15, 0.2) is 0 Å². The third-order valence-electron chi connectivity index (χ3n) is 3.33. The highest BCUT2D eigenvalue weighted by atomic mass is 79.9. The van der Waals surface area contributed by atoms with E-state index in [1.54, 1.807) is 4.68 Å². The number of hydrogen-bond donors (Lipinski definition) is 1. The summed E-state index contributed by atoms with van der Waals surface area (Å²) in [6.07, 6.45) is 0. The summed E-state index contributed by atoms with van der Waals surface area (Å²) in [5, 5.41) is 7.31. The van der Waals surface area contributed by atoms with Gasteiger partial charge in [-0.25, -0.2) is 0 Å². The predicted octanol–water partition coefficient (Wildman–Crippen LogP) is 3.52. The van der Waals surface area contributed by atoms with Crippen LogP contribution >= 0.6 is 15.9 Å². The molecule has 0 saturated carbocycles. The topological polar surface area (TPSA) is 46.9 Å². The molecule has 106 valence electrons. The average molecular weight is 336 g/mol. The van der Waals surface area contributed by atoms with Crippen molar-refractivity contribution in [2.24, 2.45) is 0 Å². The van der Waals surface area contributed by atoms with E-state index in [0.717, 1.165) is 32.7 Å². The lowest BCUT2D eigenvalue weighted by Gasteiger charge is -2.12. The second kappa shape index (κ2) is 5.79. The molecule has 20 heavy (non-hydrogen) atoms. The Hall–Kier alpha value is -1.62. The Morgan fingerprint density at radius 1 is 1.25 bits per heavy atom. The number of hydrogen-bond acceptors (Lipinski definition) is 2. The largest absolute Gasteiger partial charge is 0.324 e. The van der Waals surface area contributed by atoms with Crippen molar-refractivity contribution in [2.75, 3.05) is 5.32 Å². The molecule has 1 aromatic carbocycles. The van der Waals surface area contributed by atoms with E-state index in [0.29, 0.717) is 0 Å². The standard InChI is InChI=1S/C15H18BrN3O/c1-9-6-5-7-10(2)15(9)17-13(20)8-19-12(4)14(16)11(3)18-19/h5-7H,8H2,1-4H3,(H,17,20). The fraction of sp³-hybridized carbons (Fsp3) is 0.333. The molecule has 5 heteroatoms. The van der Waals surface area contributed by atoms with E-state index >= 15 is 0 Å². The Morgan fingerprint density at radius 2 is 1.85 bits per heavy atom. The first kappa shape index (κ1) is 14.8. The Bertz CT molecular complexity index is 641. The van der Waals surface area contributed by atoms with Crippen LogP contribution in [0.3, 0.4) is 0 Å². The molecule has 0 saturated heterocycles. The van der Waals surface area contributed by atoms with Crippen molar-refractivity contribution < 1.29 is 4.79 Å². The first-order chi connectivity index (χ1) is 9.40. The Labute approximate surface area is 127 Å². The van der Waals surface area contributed by atoms with Crippen LogP contribution in [0.5, 0.6) is 0 Å². The normalized spacial score (nSPS) is 10.7. The molecule has 0 spiro atoms. The molecule has 0 aliphatic rings. The lowest BCUT2D eigenvalue weighted by Crippen LogP contribution is -2.21. The maximum atomic E-state index is 12.2. The zero-order valence-corrected chi connectivity index (χ0v) is 13.7. The second-order valence-electron chi connectivity index (χ2n) is 4.96. The number of nitrogens with one attached hydrogen (secondary N) is 1. The van der Waals surface area contributed by atoms with Gasteiger partial charge in [-0.2, -0.15) is 5.10 Å². The van der Waals surface area contributed by atoms with Crippen molar-refractivity contribution in [3.05, 3.63) is 45.2 Å². The van der Waals surface area contributed by atoms with Crippen LogP contribution < -0.4 is 5.32 Å². The Kier molecular flexibility index (Phi) is 4.28. The fourth-order valence-corrected chi connectivity index (χ4v) is 2.44. The van der Waals surface area contributed by atoms with Gasteiger partial charge in [0, 0.05) is 5.69 Å². The molecule has 2 aromatic rings. The zero-order chi connectivity index (χ0) is 14.9. The number of carbonyl (C=O) groups excluding carboxylic acids is 1. The lowest BCUT2D eigenvalue weighted by atomic mass is 10.1. The first-order valence-electron chi connectivity index (χ1n) is 6.45. The van der Waals surface area contributed by atoms with Crippen LogP contribution in [0.1, 0.15) is 22.5 Å². The van der Waals surface area contributed by atoms with Gasteiger partial charge >= 0.3 is 0 Å². The number of nitrogens with zero attached hydrogens (tertiary/aromatic N) is 2. The molecule has 2 rings (SSSR count). The molecule has 4 nitrogen and oxygen atoms in total. The van der Waals surface area contributed by atoms with Crippen LogP contribution in [0, 0.1) is 27.7 Å². The summed E-state index contributed by atoms with van der Waals surface area (Å²) >= 11 is 3.46. The molecular weight excluding hydrogens is 318 g/mol. The number of benzene rings is 1. The highest BCUT2D eigenvalue weighted by Crippen LogP contribution is 2.21. The highest BCUT2D eigenvalue weighted by Gasteiger charge is 2.13.